The number of nitrogens with zero attached hydrogens (tertiary/aromatic N) is 3. The summed E-state index contributed by atoms with van der Waals surface area (Å²) in [5, 5.41) is 0.541. The second kappa shape index (κ2) is 6.72. The Morgan fingerprint density at radius 1 is 1.37 bits per heavy atom. The van der Waals surface area contributed by atoms with E-state index in [0.29, 0.717) is 22.4 Å². The molecule has 0 saturated heterocycles. The summed E-state index contributed by atoms with van der Waals surface area (Å²) in [6.45, 7) is 9.41. The van der Waals surface area contributed by atoms with E-state index >= 15 is 0 Å². The number of rotatable bonds is 4. The van der Waals surface area contributed by atoms with E-state index in [1.54, 1.807) is 18.7 Å². The number of ether oxygens (including phenoxy) is 1. The number of hydrogen-bond acceptors (Lipinski definition) is 5. The molecule has 1 aromatic heterocycles. The fourth-order valence-corrected chi connectivity index (χ4v) is 3.77. The highest BCUT2D eigenvalue weighted by atomic mass is 32.2. The summed E-state index contributed by atoms with van der Waals surface area (Å²) in [5.41, 5.74) is 2.30. The van der Waals surface area contributed by atoms with Crippen molar-refractivity contribution in [3.63, 3.8) is 0 Å². The second-order valence-electron chi connectivity index (χ2n) is 8.24. The summed E-state index contributed by atoms with van der Waals surface area (Å²) in [7, 11) is 3.39. The molecule has 0 aliphatic heterocycles. The molecule has 7 heteroatoms. The lowest BCUT2D eigenvalue weighted by Gasteiger charge is -2.20. The van der Waals surface area contributed by atoms with Crippen molar-refractivity contribution in [1.29, 1.82) is 0 Å². The van der Waals surface area contributed by atoms with Gasteiger partial charge >= 0.3 is 0 Å². The van der Waals surface area contributed by atoms with Crippen LogP contribution in [0.1, 0.15) is 57.5 Å². The highest BCUT2D eigenvalue weighted by molar-refractivity contribution is 7.91. The Morgan fingerprint density at radius 2 is 2.00 bits per heavy atom. The predicted octanol–water partition coefficient (Wildman–Crippen LogP) is 3.15. The van der Waals surface area contributed by atoms with Crippen LogP contribution in [0.5, 0.6) is 0 Å². The SMILES string of the molecule is COC1(c2nc3c(/C(C)=N\[S+]([O-])C(C)(C)C)cc(C)cc3c(=O)n2C)CC1. The number of aromatic nitrogens is 2. The van der Waals surface area contributed by atoms with Gasteiger partial charge in [-0.25, -0.2) is 4.98 Å². The van der Waals surface area contributed by atoms with Gasteiger partial charge in [0.25, 0.3) is 5.56 Å². The van der Waals surface area contributed by atoms with Crippen LogP contribution in [0, 0.1) is 6.92 Å². The fraction of sp³-hybridized carbons (Fsp3) is 0.550. The van der Waals surface area contributed by atoms with Crippen molar-refractivity contribution in [3.05, 3.63) is 39.4 Å². The summed E-state index contributed by atoms with van der Waals surface area (Å²) in [6.07, 6.45) is 1.69. The van der Waals surface area contributed by atoms with Gasteiger partial charge in [0, 0.05) is 19.7 Å². The van der Waals surface area contributed by atoms with Crippen LogP contribution < -0.4 is 5.56 Å². The Balaban J connectivity index is 2.28. The van der Waals surface area contributed by atoms with Crippen LogP contribution in [-0.2, 0) is 28.7 Å². The maximum absolute atomic E-state index is 13.0. The first-order chi connectivity index (χ1) is 12.5. The number of benzene rings is 1. The van der Waals surface area contributed by atoms with E-state index < -0.39 is 21.7 Å². The molecule has 1 aliphatic rings. The van der Waals surface area contributed by atoms with Crippen LogP contribution in [0.2, 0.25) is 0 Å². The smallest absolute Gasteiger partial charge is 0.261 e. The van der Waals surface area contributed by atoms with Crippen LogP contribution in [-0.4, -0.2) is 31.7 Å². The quantitative estimate of drug-likeness (QED) is 0.594. The molecule has 0 N–H and O–H groups in total. The molecule has 1 aliphatic carbocycles. The zero-order valence-corrected chi connectivity index (χ0v) is 17.9. The molecule has 1 heterocycles. The predicted molar refractivity (Wildman–Crippen MR) is 110 cm³/mol. The van der Waals surface area contributed by atoms with Crippen molar-refractivity contribution in [2.75, 3.05) is 7.11 Å². The maximum atomic E-state index is 13.0. The van der Waals surface area contributed by atoms with Crippen molar-refractivity contribution in [2.45, 2.75) is 57.8 Å². The topological polar surface area (TPSA) is 79.5 Å². The van der Waals surface area contributed by atoms with Crippen molar-refractivity contribution in [1.82, 2.24) is 9.55 Å². The average molecular weight is 390 g/mol. The minimum absolute atomic E-state index is 0.104. The first-order valence-electron chi connectivity index (χ1n) is 9.05. The van der Waals surface area contributed by atoms with Crippen molar-refractivity contribution >= 4 is 28.0 Å². The van der Waals surface area contributed by atoms with Gasteiger partial charge in [0.2, 0.25) is 0 Å². The van der Waals surface area contributed by atoms with Crippen LogP contribution in [0.4, 0.5) is 0 Å². The van der Waals surface area contributed by atoms with Gasteiger partial charge in [-0.15, -0.1) is 0 Å². The summed E-state index contributed by atoms with van der Waals surface area (Å²) < 4.78 is 23.7. The molecule has 1 aromatic carbocycles. The van der Waals surface area contributed by atoms with Gasteiger partial charge in [0.1, 0.15) is 27.5 Å². The highest BCUT2D eigenvalue weighted by Crippen LogP contribution is 2.47. The minimum Gasteiger partial charge on any atom is -0.591 e. The molecule has 6 nitrogen and oxygen atoms in total. The Hall–Kier alpha value is -1.70. The molecular formula is C20H27N3O3S. The molecule has 0 spiro atoms. The van der Waals surface area contributed by atoms with Crippen LogP contribution >= 0.6 is 0 Å². The molecule has 0 bridgehead atoms. The standard InChI is InChI=1S/C20H27N3O3S/c1-12-10-14(13(2)22-27(25)19(3,4)5)16-15(11-12)17(24)23(6)18(21-16)20(26-7)8-9-20/h10-11H,8-9H2,1-7H3/b22-13-. The van der Waals surface area contributed by atoms with E-state index in [-0.39, 0.29) is 5.56 Å². The van der Waals surface area contributed by atoms with Gasteiger partial charge in [-0.05, 0) is 65.2 Å². The van der Waals surface area contributed by atoms with Gasteiger partial charge in [-0.3, -0.25) is 9.36 Å². The molecule has 2 aromatic rings. The number of aryl methyl sites for hydroxylation is 1. The van der Waals surface area contributed by atoms with Crippen LogP contribution in [0.3, 0.4) is 0 Å². The summed E-state index contributed by atoms with van der Waals surface area (Å²) >= 11 is -1.39. The normalized spacial score (nSPS) is 18.0. The molecule has 3 rings (SSSR count). The number of fused-ring (bicyclic) bond motifs is 1. The molecule has 146 valence electrons. The van der Waals surface area contributed by atoms with Crippen molar-refractivity contribution in [3.8, 4) is 0 Å². The maximum Gasteiger partial charge on any atom is 0.261 e. The Bertz CT molecular complexity index is 985. The Morgan fingerprint density at radius 3 is 2.52 bits per heavy atom. The van der Waals surface area contributed by atoms with Gasteiger partial charge in [0.15, 0.2) is 0 Å². The van der Waals surface area contributed by atoms with Gasteiger partial charge in [-0.2, -0.15) is 0 Å². The van der Waals surface area contributed by atoms with E-state index in [1.807, 2.05) is 46.8 Å². The molecule has 1 unspecified atom stereocenters. The van der Waals surface area contributed by atoms with E-state index in [2.05, 4.69) is 4.40 Å². The lowest BCUT2D eigenvalue weighted by Crippen LogP contribution is -2.29. The molecule has 27 heavy (non-hydrogen) atoms. The van der Waals surface area contributed by atoms with E-state index in [9.17, 15) is 9.35 Å². The summed E-state index contributed by atoms with van der Waals surface area (Å²) in [6, 6.07) is 3.79. The second-order valence-corrected chi connectivity index (χ2v) is 10.2. The molecule has 1 atom stereocenters. The largest absolute Gasteiger partial charge is 0.591 e. The van der Waals surface area contributed by atoms with Crippen LogP contribution in [0.25, 0.3) is 10.9 Å². The minimum atomic E-state index is -1.39. The third-order valence-corrected chi connectivity index (χ3v) is 6.45. The molecule has 0 amide bonds. The van der Waals surface area contributed by atoms with Gasteiger partial charge in [0.05, 0.1) is 16.6 Å². The molecule has 0 radical (unpaired) electrons. The highest BCUT2D eigenvalue weighted by Gasteiger charge is 2.48. The van der Waals surface area contributed by atoms with Gasteiger partial charge in [-0.1, -0.05) is 4.40 Å². The molecular weight excluding hydrogens is 362 g/mol. The number of methoxy groups -OCH3 is 1. The zero-order chi connectivity index (χ0) is 20.1. The summed E-state index contributed by atoms with van der Waals surface area (Å²) in [5.74, 6) is 0.636. The van der Waals surface area contributed by atoms with Gasteiger partial charge < -0.3 is 9.29 Å². The van der Waals surface area contributed by atoms with E-state index in [0.717, 1.165) is 24.0 Å². The average Bonchev–Trinajstić information content (AvgIpc) is 3.38. The third kappa shape index (κ3) is 3.56. The first-order valence-corrected chi connectivity index (χ1v) is 10.2. The third-order valence-electron chi connectivity index (χ3n) is 4.96. The van der Waals surface area contributed by atoms with Crippen molar-refractivity contribution in [2.24, 2.45) is 11.4 Å². The first kappa shape index (κ1) is 20.0. The summed E-state index contributed by atoms with van der Waals surface area (Å²) in [4.78, 5) is 17.8. The molecule has 1 saturated carbocycles. The monoisotopic (exact) mass is 389 g/mol. The number of hydrogen-bond donors (Lipinski definition) is 0. The lowest BCUT2D eigenvalue weighted by atomic mass is 10.0. The Kier molecular flexibility index (Phi) is 4.99. The molecule has 1 fully saturated rings. The zero-order valence-electron chi connectivity index (χ0n) is 17.0. The Labute approximate surface area is 163 Å². The van der Waals surface area contributed by atoms with Crippen LogP contribution in [0.15, 0.2) is 21.3 Å². The van der Waals surface area contributed by atoms with E-state index in [1.165, 1.54) is 0 Å². The van der Waals surface area contributed by atoms with Crippen molar-refractivity contribution < 1.29 is 9.29 Å². The fourth-order valence-electron chi connectivity index (χ4n) is 3.15. The lowest BCUT2D eigenvalue weighted by molar-refractivity contribution is 0.0678. The van der Waals surface area contributed by atoms with E-state index in [4.69, 9.17) is 9.72 Å².